The highest BCUT2D eigenvalue weighted by molar-refractivity contribution is 7.27. The van der Waals surface area contributed by atoms with Crippen molar-refractivity contribution >= 4 is 96.7 Å². The summed E-state index contributed by atoms with van der Waals surface area (Å²) in [5.74, 6) is 0. The van der Waals surface area contributed by atoms with E-state index in [1.807, 2.05) is 11.3 Å². The smallest absolute Gasteiger partial charge is 0.0726 e. The quantitative estimate of drug-likeness (QED) is 0.171. The molecule has 0 aliphatic rings. The van der Waals surface area contributed by atoms with Crippen LogP contribution in [0.4, 0.5) is 0 Å². The van der Waals surface area contributed by atoms with E-state index in [0.29, 0.717) is 0 Å². The highest BCUT2D eigenvalue weighted by Gasteiger charge is 2.23. The fourth-order valence-corrected chi connectivity index (χ4v) is 9.41. The maximum atomic E-state index is 2.51. The largest absolute Gasteiger partial charge is 0.309 e. The van der Waals surface area contributed by atoms with E-state index in [0.717, 1.165) is 5.69 Å². The van der Waals surface area contributed by atoms with Crippen molar-refractivity contribution in [3.8, 4) is 11.4 Å². The average molecular weight is 615 g/mol. The zero-order chi connectivity index (χ0) is 30.6. The van der Waals surface area contributed by atoms with Crippen LogP contribution in [-0.2, 0) is 0 Å². The van der Waals surface area contributed by atoms with Gasteiger partial charge in [0.1, 0.15) is 0 Å². The monoisotopic (exact) mass is 614 g/mol. The van der Waals surface area contributed by atoms with Crippen LogP contribution in [0.5, 0.6) is 0 Å². The summed E-state index contributed by atoms with van der Waals surface area (Å²) in [5.41, 5.74) is 7.30. The Balaban J connectivity index is 1.27. The molecular formula is C44H26N2S. The van der Waals surface area contributed by atoms with Gasteiger partial charge >= 0.3 is 0 Å². The van der Waals surface area contributed by atoms with Crippen LogP contribution >= 0.6 is 11.3 Å². The van der Waals surface area contributed by atoms with Gasteiger partial charge in [0.05, 0.1) is 26.8 Å². The lowest BCUT2D eigenvalue weighted by Crippen LogP contribution is -1.97. The van der Waals surface area contributed by atoms with E-state index in [2.05, 4.69) is 167 Å². The van der Waals surface area contributed by atoms with Crippen LogP contribution < -0.4 is 0 Å². The van der Waals surface area contributed by atoms with Crippen molar-refractivity contribution in [3.63, 3.8) is 0 Å². The van der Waals surface area contributed by atoms with E-state index < -0.39 is 0 Å². The van der Waals surface area contributed by atoms with Crippen LogP contribution in [0.15, 0.2) is 158 Å². The van der Waals surface area contributed by atoms with E-state index in [4.69, 9.17) is 0 Å². The van der Waals surface area contributed by atoms with Gasteiger partial charge in [-0.2, -0.15) is 0 Å². The zero-order valence-corrected chi connectivity index (χ0v) is 26.1. The Morgan fingerprint density at radius 3 is 1.57 bits per heavy atom. The summed E-state index contributed by atoms with van der Waals surface area (Å²) in [6.07, 6.45) is 0. The third-order valence-corrected chi connectivity index (χ3v) is 11.3. The van der Waals surface area contributed by atoms with Crippen molar-refractivity contribution in [1.82, 2.24) is 9.13 Å². The molecule has 0 saturated carbocycles. The third-order valence-electron chi connectivity index (χ3n) is 10.1. The van der Waals surface area contributed by atoms with Crippen LogP contribution in [-0.4, -0.2) is 9.13 Å². The maximum Gasteiger partial charge on any atom is 0.0726 e. The Hall–Kier alpha value is -5.90. The fourth-order valence-electron chi connectivity index (χ4n) is 8.16. The SMILES string of the molecule is c1ccc2c(c1)ccc1c2c2c3ccccc3sc2c2c1c1ccccc1n2-c1ccc(-n2c3ccccc3c3ccccc32)cc1. The van der Waals surface area contributed by atoms with Crippen LogP contribution in [0.2, 0.25) is 0 Å². The van der Waals surface area contributed by atoms with Crippen molar-refractivity contribution in [2.45, 2.75) is 0 Å². The van der Waals surface area contributed by atoms with E-state index >= 15 is 0 Å². The number of benzene rings is 8. The summed E-state index contributed by atoms with van der Waals surface area (Å²) < 4.78 is 7.56. The van der Waals surface area contributed by atoms with Crippen molar-refractivity contribution in [1.29, 1.82) is 0 Å². The topological polar surface area (TPSA) is 9.86 Å². The molecular weight excluding hydrogens is 589 g/mol. The molecule has 0 amide bonds. The van der Waals surface area contributed by atoms with E-state index in [-0.39, 0.29) is 0 Å². The van der Waals surface area contributed by atoms with Crippen molar-refractivity contribution in [2.24, 2.45) is 0 Å². The number of fused-ring (bicyclic) bond motifs is 15. The molecule has 0 unspecified atom stereocenters. The summed E-state index contributed by atoms with van der Waals surface area (Å²) in [4.78, 5) is 0. The lowest BCUT2D eigenvalue weighted by Gasteiger charge is -2.13. The Labute approximate surface area is 273 Å². The molecule has 3 aromatic heterocycles. The predicted octanol–water partition coefficient (Wildman–Crippen LogP) is 12.6. The zero-order valence-electron chi connectivity index (χ0n) is 25.3. The van der Waals surface area contributed by atoms with Crippen LogP contribution in [0.3, 0.4) is 0 Å². The summed E-state index contributed by atoms with van der Waals surface area (Å²) in [5, 5.41) is 13.1. The van der Waals surface area contributed by atoms with Crippen LogP contribution in [0.25, 0.3) is 96.7 Å². The van der Waals surface area contributed by atoms with E-state index in [9.17, 15) is 0 Å². The minimum atomic E-state index is 1.16. The minimum Gasteiger partial charge on any atom is -0.309 e. The fraction of sp³-hybridized carbons (Fsp3) is 0. The standard InChI is InChI=1S/C44H26N2S/c1-2-12-30-27(11-1)21-26-35-40(30)42-34-16-6-10-20-39(34)47-44(42)43-41(35)33-15-5-9-19-38(33)46(43)29-24-22-28(23-25-29)45-36-17-7-3-13-31(36)32-14-4-8-18-37(32)45/h1-26H. The second kappa shape index (κ2) is 9.32. The molecule has 0 N–H and O–H groups in total. The number of hydrogen-bond donors (Lipinski definition) is 0. The molecule has 3 heteroatoms. The number of aromatic nitrogens is 2. The molecule has 0 saturated heterocycles. The van der Waals surface area contributed by atoms with Gasteiger partial charge in [-0.1, -0.05) is 109 Å². The second-order valence-electron chi connectivity index (χ2n) is 12.5. The van der Waals surface area contributed by atoms with Crippen molar-refractivity contribution < 1.29 is 0 Å². The average Bonchev–Trinajstić information content (AvgIpc) is 3.80. The maximum absolute atomic E-state index is 2.51. The van der Waals surface area contributed by atoms with Crippen LogP contribution in [0, 0.1) is 0 Å². The number of thiophene rings is 1. The molecule has 0 aliphatic heterocycles. The third kappa shape index (κ3) is 3.34. The molecule has 0 radical (unpaired) electrons. The first-order valence-corrected chi connectivity index (χ1v) is 16.9. The Morgan fingerprint density at radius 1 is 0.340 bits per heavy atom. The number of hydrogen-bond acceptors (Lipinski definition) is 1. The first-order chi connectivity index (χ1) is 23.3. The normalized spacial score (nSPS) is 12.3. The first-order valence-electron chi connectivity index (χ1n) is 16.1. The molecule has 0 aliphatic carbocycles. The molecule has 3 heterocycles. The molecule has 47 heavy (non-hydrogen) atoms. The van der Waals surface area contributed by atoms with Gasteiger partial charge in [0.15, 0.2) is 0 Å². The van der Waals surface area contributed by atoms with Crippen LogP contribution in [0.1, 0.15) is 0 Å². The molecule has 8 aromatic carbocycles. The predicted molar refractivity (Wildman–Crippen MR) is 203 cm³/mol. The van der Waals surface area contributed by atoms with Gasteiger partial charge in [-0.25, -0.2) is 0 Å². The number of nitrogens with zero attached hydrogens (tertiary/aromatic N) is 2. The summed E-state index contributed by atoms with van der Waals surface area (Å²) in [6.45, 7) is 0. The molecule has 0 fully saturated rings. The highest BCUT2D eigenvalue weighted by atomic mass is 32.1. The van der Waals surface area contributed by atoms with Gasteiger partial charge in [-0.15, -0.1) is 11.3 Å². The Bertz CT molecular complexity index is 3010. The molecule has 0 bridgehead atoms. The lowest BCUT2D eigenvalue weighted by atomic mass is 9.94. The van der Waals surface area contributed by atoms with Gasteiger partial charge in [0.2, 0.25) is 0 Å². The number of rotatable bonds is 2. The Morgan fingerprint density at radius 2 is 0.872 bits per heavy atom. The van der Waals surface area contributed by atoms with Gasteiger partial charge in [-0.3, -0.25) is 0 Å². The molecule has 11 aromatic rings. The van der Waals surface area contributed by atoms with Crippen molar-refractivity contribution in [3.05, 3.63) is 158 Å². The first kappa shape index (κ1) is 25.3. The van der Waals surface area contributed by atoms with E-state index in [1.165, 1.54) is 91.0 Å². The molecule has 2 nitrogen and oxygen atoms in total. The summed E-state index contributed by atoms with van der Waals surface area (Å²) in [7, 11) is 0. The lowest BCUT2D eigenvalue weighted by molar-refractivity contribution is 1.15. The Kier molecular flexibility index (Phi) is 5.02. The van der Waals surface area contributed by atoms with Crippen molar-refractivity contribution in [2.75, 3.05) is 0 Å². The summed E-state index contributed by atoms with van der Waals surface area (Å²) in [6, 6.07) is 57.9. The van der Waals surface area contributed by atoms with E-state index in [1.54, 1.807) is 0 Å². The van der Waals surface area contributed by atoms with Gasteiger partial charge in [-0.05, 0) is 70.1 Å². The van der Waals surface area contributed by atoms with Gasteiger partial charge < -0.3 is 9.13 Å². The van der Waals surface area contributed by atoms with Gasteiger partial charge in [0, 0.05) is 48.4 Å². The number of para-hydroxylation sites is 3. The second-order valence-corrected chi connectivity index (χ2v) is 13.5. The minimum absolute atomic E-state index is 1.16. The molecule has 0 spiro atoms. The molecule has 11 rings (SSSR count). The summed E-state index contributed by atoms with van der Waals surface area (Å²) >= 11 is 1.92. The molecule has 218 valence electrons. The highest BCUT2D eigenvalue weighted by Crippen LogP contribution is 2.49. The van der Waals surface area contributed by atoms with Gasteiger partial charge in [0.25, 0.3) is 0 Å². The molecule has 0 atom stereocenters.